The molecule has 0 bridgehead atoms. The van der Waals surface area contributed by atoms with Crippen LogP contribution in [0.25, 0.3) is 0 Å². The number of amides is 1. The van der Waals surface area contributed by atoms with Crippen molar-refractivity contribution in [3.05, 3.63) is 39.9 Å². The van der Waals surface area contributed by atoms with Crippen LogP contribution in [0.1, 0.15) is 77.0 Å². The van der Waals surface area contributed by atoms with Crippen LogP contribution in [0.5, 0.6) is 5.75 Å². The van der Waals surface area contributed by atoms with Crippen molar-refractivity contribution in [3.63, 3.8) is 0 Å². The zero-order valence-corrected chi connectivity index (χ0v) is 18.4. The van der Waals surface area contributed by atoms with Gasteiger partial charge in [0, 0.05) is 18.6 Å². The Hall–Kier alpha value is -2.35. The molecule has 0 saturated carbocycles. The van der Waals surface area contributed by atoms with Crippen molar-refractivity contribution in [1.29, 1.82) is 0 Å². The molecule has 30 heavy (non-hydrogen) atoms. The summed E-state index contributed by atoms with van der Waals surface area (Å²) < 4.78 is 11.1. The molecule has 0 aliphatic heterocycles. The minimum absolute atomic E-state index is 0.0311. The molecular weight excluding hydrogens is 388 g/mol. The number of nitrogens with zero attached hydrogens (tertiary/aromatic N) is 1. The average molecular weight is 425 g/mol. The highest BCUT2D eigenvalue weighted by atomic mass is 16.9. The fourth-order valence-corrected chi connectivity index (χ4v) is 2.98. The van der Waals surface area contributed by atoms with Crippen LogP contribution in [0.4, 0.5) is 0 Å². The van der Waals surface area contributed by atoms with E-state index in [0.29, 0.717) is 31.6 Å². The van der Waals surface area contributed by atoms with E-state index in [4.69, 9.17) is 9.47 Å². The zero-order valence-electron chi connectivity index (χ0n) is 18.4. The highest BCUT2D eigenvalue weighted by Crippen LogP contribution is 2.21. The molecule has 0 fully saturated rings. The van der Waals surface area contributed by atoms with E-state index in [0.717, 1.165) is 30.7 Å². The summed E-state index contributed by atoms with van der Waals surface area (Å²) in [7, 11) is 1.59. The van der Waals surface area contributed by atoms with E-state index < -0.39 is 11.3 Å². The molecule has 0 aromatic heterocycles. The molecule has 1 rings (SSSR count). The first kappa shape index (κ1) is 25.7. The summed E-state index contributed by atoms with van der Waals surface area (Å²) in [4.78, 5) is 26.9. The summed E-state index contributed by atoms with van der Waals surface area (Å²) in [6.07, 6.45) is 6.42. The first-order chi connectivity index (χ1) is 14.4. The van der Waals surface area contributed by atoms with Gasteiger partial charge in [-0.15, -0.1) is 10.1 Å². The monoisotopic (exact) mass is 424 g/mol. The van der Waals surface area contributed by atoms with Crippen molar-refractivity contribution in [2.45, 2.75) is 71.4 Å². The molecule has 1 atom stereocenters. The number of nitrogens with one attached hydrogen (secondary N) is 1. The number of carbonyl (C=O) groups is 1. The lowest BCUT2D eigenvalue weighted by Crippen LogP contribution is -2.30. The largest absolute Gasteiger partial charge is 0.497 e. The number of benzene rings is 1. The van der Waals surface area contributed by atoms with E-state index in [1.165, 1.54) is 12.8 Å². The molecule has 0 heterocycles. The summed E-state index contributed by atoms with van der Waals surface area (Å²) in [5.41, 5.74) is 0.793. The molecule has 170 valence electrons. The predicted molar refractivity (Wildman–Crippen MR) is 115 cm³/mol. The fourth-order valence-electron chi connectivity index (χ4n) is 2.98. The van der Waals surface area contributed by atoms with Crippen molar-refractivity contribution in [2.24, 2.45) is 5.92 Å². The second-order valence-corrected chi connectivity index (χ2v) is 7.71. The molecule has 0 radical (unpaired) electrons. The molecule has 0 spiro atoms. The lowest BCUT2D eigenvalue weighted by molar-refractivity contribution is -0.757. The molecule has 1 aromatic rings. The Bertz CT molecular complexity index is 623. The van der Waals surface area contributed by atoms with E-state index in [1.807, 2.05) is 24.3 Å². The molecule has 8 nitrogen and oxygen atoms in total. The minimum Gasteiger partial charge on any atom is -0.497 e. The Morgan fingerprint density at radius 1 is 1.10 bits per heavy atom. The van der Waals surface area contributed by atoms with Gasteiger partial charge in [0.2, 0.25) is 5.91 Å². The highest BCUT2D eigenvalue weighted by Gasteiger charge is 2.16. The summed E-state index contributed by atoms with van der Waals surface area (Å²) in [6, 6.07) is 7.37. The maximum absolute atomic E-state index is 12.4. The number of methoxy groups -OCH3 is 1. The zero-order chi connectivity index (χ0) is 22.2. The van der Waals surface area contributed by atoms with Gasteiger partial charge >= 0.3 is 0 Å². The van der Waals surface area contributed by atoms with Gasteiger partial charge in [-0.25, -0.2) is 0 Å². The SMILES string of the molecule is COc1cccc(C(NC(=O)CCCCCCC(C)C)OCCCCO[N+](=O)[O-])c1. The molecule has 1 unspecified atom stereocenters. The fraction of sp³-hybridized carbons (Fsp3) is 0.682. The van der Waals surface area contributed by atoms with E-state index in [2.05, 4.69) is 24.0 Å². The van der Waals surface area contributed by atoms with Gasteiger partial charge in [0.05, 0.1) is 13.7 Å². The lowest BCUT2D eigenvalue weighted by atomic mass is 10.0. The van der Waals surface area contributed by atoms with E-state index in [1.54, 1.807) is 7.11 Å². The molecule has 0 aliphatic carbocycles. The summed E-state index contributed by atoms with van der Waals surface area (Å²) in [5, 5.41) is 12.3. The Kier molecular flexibility index (Phi) is 13.3. The molecular formula is C22H36N2O6. The van der Waals surface area contributed by atoms with Crippen LogP contribution in [0, 0.1) is 16.0 Å². The maximum Gasteiger partial charge on any atom is 0.294 e. The molecule has 1 N–H and O–H groups in total. The molecule has 8 heteroatoms. The quantitative estimate of drug-likeness (QED) is 0.167. The van der Waals surface area contributed by atoms with Gasteiger partial charge in [0.1, 0.15) is 5.75 Å². The Morgan fingerprint density at radius 3 is 2.53 bits per heavy atom. The van der Waals surface area contributed by atoms with E-state index >= 15 is 0 Å². The summed E-state index contributed by atoms with van der Waals surface area (Å²) >= 11 is 0. The van der Waals surface area contributed by atoms with E-state index in [9.17, 15) is 14.9 Å². The smallest absolute Gasteiger partial charge is 0.294 e. The number of unbranched alkanes of at least 4 members (excludes halogenated alkanes) is 4. The van der Waals surface area contributed by atoms with Gasteiger partial charge in [-0.3, -0.25) is 4.79 Å². The first-order valence-electron chi connectivity index (χ1n) is 10.7. The Balaban J connectivity index is 2.47. The number of rotatable bonds is 17. The lowest BCUT2D eigenvalue weighted by Gasteiger charge is -2.20. The van der Waals surface area contributed by atoms with Gasteiger partial charge in [-0.1, -0.05) is 51.7 Å². The molecule has 0 aliphatic rings. The highest BCUT2D eigenvalue weighted by molar-refractivity contribution is 5.76. The van der Waals surface area contributed by atoms with Crippen LogP contribution in [0.15, 0.2) is 24.3 Å². The average Bonchev–Trinajstić information content (AvgIpc) is 2.71. The molecule has 1 amide bonds. The number of carbonyl (C=O) groups excluding carboxylic acids is 1. The van der Waals surface area contributed by atoms with Crippen molar-refractivity contribution >= 4 is 5.91 Å². The van der Waals surface area contributed by atoms with Crippen molar-refractivity contribution in [3.8, 4) is 5.75 Å². The number of hydrogen-bond donors (Lipinski definition) is 1. The van der Waals surface area contributed by atoms with Crippen LogP contribution in [-0.2, 0) is 14.4 Å². The predicted octanol–water partition coefficient (Wildman–Crippen LogP) is 4.81. The molecule has 1 aromatic carbocycles. The van der Waals surface area contributed by atoms with Crippen LogP contribution in [0.2, 0.25) is 0 Å². The normalized spacial score (nSPS) is 11.9. The third-order valence-electron chi connectivity index (χ3n) is 4.64. The van der Waals surface area contributed by atoms with Crippen LogP contribution in [-0.4, -0.2) is 31.3 Å². The van der Waals surface area contributed by atoms with Gasteiger partial charge in [0.15, 0.2) is 6.23 Å². The van der Waals surface area contributed by atoms with Crippen LogP contribution >= 0.6 is 0 Å². The third kappa shape index (κ3) is 12.3. The van der Waals surface area contributed by atoms with Gasteiger partial charge < -0.3 is 19.6 Å². The number of hydrogen-bond acceptors (Lipinski definition) is 6. The first-order valence-corrected chi connectivity index (χ1v) is 10.7. The number of ether oxygens (including phenoxy) is 2. The topological polar surface area (TPSA) is 99.9 Å². The van der Waals surface area contributed by atoms with Crippen LogP contribution in [0.3, 0.4) is 0 Å². The standard InChI is InChI=1S/C22H36N2O6/c1-18(2)11-6-4-5-7-14-21(25)23-22(19-12-10-13-20(17-19)28-3)29-15-8-9-16-30-24(26)27/h10,12-13,17-18,22H,4-9,11,14-16H2,1-3H3,(H,23,25). The second-order valence-electron chi connectivity index (χ2n) is 7.71. The van der Waals surface area contributed by atoms with Gasteiger partial charge in [-0.05, 0) is 37.3 Å². The Labute approximate surface area is 179 Å². The van der Waals surface area contributed by atoms with Gasteiger partial charge in [-0.2, -0.15) is 0 Å². The van der Waals surface area contributed by atoms with Crippen molar-refractivity contribution < 1.29 is 24.2 Å². The minimum atomic E-state index is -0.803. The Morgan fingerprint density at radius 2 is 1.83 bits per heavy atom. The van der Waals surface area contributed by atoms with Crippen LogP contribution < -0.4 is 10.1 Å². The van der Waals surface area contributed by atoms with Gasteiger partial charge in [0.25, 0.3) is 5.09 Å². The van der Waals surface area contributed by atoms with Crippen molar-refractivity contribution in [1.82, 2.24) is 5.32 Å². The van der Waals surface area contributed by atoms with Crippen molar-refractivity contribution in [2.75, 3.05) is 20.3 Å². The van der Waals surface area contributed by atoms with E-state index in [-0.39, 0.29) is 12.5 Å². The second kappa shape index (κ2) is 15.5. The summed E-state index contributed by atoms with van der Waals surface area (Å²) in [6.45, 7) is 4.82. The third-order valence-corrected chi connectivity index (χ3v) is 4.64. The molecule has 0 saturated heterocycles. The maximum atomic E-state index is 12.4. The summed E-state index contributed by atoms with van der Waals surface area (Å²) in [5.74, 6) is 1.35.